The van der Waals surface area contributed by atoms with Gasteiger partial charge in [0.15, 0.2) is 0 Å². The molecule has 6 heteroatoms. The van der Waals surface area contributed by atoms with E-state index in [0.29, 0.717) is 6.42 Å². The number of hydrogen-bond acceptors (Lipinski definition) is 3. The van der Waals surface area contributed by atoms with Gasteiger partial charge in [-0.2, -0.15) is 0 Å². The van der Waals surface area contributed by atoms with Crippen LogP contribution < -0.4 is 5.32 Å². The molecule has 96 valence electrons. The Morgan fingerprint density at radius 3 is 2.65 bits per heavy atom. The van der Waals surface area contributed by atoms with Gasteiger partial charge in [0, 0.05) is 19.3 Å². The van der Waals surface area contributed by atoms with Crippen LogP contribution in [0, 0.1) is 5.41 Å². The predicted octanol–water partition coefficient (Wildman–Crippen LogP) is 0.515. The molecule has 0 bridgehead atoms. The van der Waals surface area contributed by atoms with Crippen LogP contribution in [0.4, 0.5) is 0 Å². The van der Waals surface area contributed by atoms with Gasteiger partial charge >= 0.3 is 0 Å². The zero-order valence-electron chi connectivity index (χ0n) is 10.2. The number of imide groups is 1. The minimum atomic E-state index is -0.720. The Morgan fingerprint density at radius 1 is 1.53 bits per heavy atom. The van der Waals surface area contributed by atoms with Crippen LogP contribution in [0.5, 0.6) is 0 Å². The van der Waals surface area contributed by atoms with Crippen molar-refractivity contribution in [2.24, 2.45) is 5.41 Å². The number of carbonyl (C=O) groups excluding carboxylic acids is 3. The second-order valence-electron chi connectivity index (χ2n) is 4.87. The van der Waals surface area contributed by atoms with Gasteiger partial charge in [0.05, 0.1) is 5.41 Å². The number of carbonyl (C=O) groups is 3. The lowest BCUT2D eigenvalue weighted by molar-refractivity contribution is -0.150. The Bertz CT molecular complexity index is 355. The summed E-state index contributed by atoms with van der Waals surface area (Å²) in [6, 6.07) is -0.618. The van der Waals surface area contributed by atoms with E-state index in [1.807, 2.05) is 0 Å². The Hall–Kier alpha value is -1.10. The van der Waals surface area contributed by atoms with E-state index in [4.69, 9.17) is 11.6 Å². The van der Waals surface area contributed by atoms with Crippen LogP contribution in [0.1, 0.15) is 26.7 Å². The summed E-state index contributed by atoms with van der Waals surface area (Å²) in [7, 11) is 1.43. The van der Waals surface area contributed by atoms with Crippen molar-refractivity contribution in [1.82, 2.24) is 10.2 Å². The third-order valence-corrected chi connectivity index (χ3v) is 3.57. The zero-order valence-corrected chi connectivity index (χ0v) is 11.0. The molecule has 1 unspecified atom stereocenters. The summed E-state index contributed by atoms with van der Waals surface area (Å²) in [4.78, 5) is 35.9. The monoisotopic (exact) mass is 260 g/mol. The maximum Gasteiger partial charge on any atom is 0.251 e. The van der Waals surface area contributed by atoms with Gasteiger partial charge in [-0.15, -0.1) is 11.6 Å². The van der Waals surface area contributed by atoms with Crippen LogP contribution in [-0.2, 0) is 14.4 Å². The number of nitrogens with zero attached hydrogens (tertiary/aromatic N) is 1. The molecule has 1 N–H and O–H groups in total. The number of halogens is 1. The van der Waals surface area contributed by atoms with Gasteiger partial charge < -0.3 is 5.32 Å². The molecule has 0 aromatic carbocycles. The average Bonchev–Trinajstić information content (AvgIpc) is 2.29. The summed E-state index contributed by atoms with van der Waals surface area (Å²) in [6.45, 7) is 3.41. The van der Waals surface area contributed by atoms with Crippen LogP contribution in [0.3, 0.4) is 0 Å². The predicted molar refractivity (Wildman–Crippen MR) is 63.4 cm³/mol. The molecule has 0 saturated carbocycles. The van der Waals surface area contributed by atoms with E-state index >= 15 is 0 Å². The number of likely N-dealkylation sites (tertiary alicyclic amines) is 1. The molecular weight excluding hydrogens is 244 g/mol. The number of rotatable bonds is 3. The highest BCUT2D eigenvalue weighted by atomic mass is 35.5. The molecule has 1 saturated heterocycles. The van der Waals surface area contributed by atoms with Crippen molar-refractivity contribution >= 4 is 29.3 Å². The maximum atomic E-state index is 11.8. The highest BCUT2D eigenvalue weighted by Gasteiger charge is 2.35. The summed E-state index contributed by atoms with van der Waals surface area (Å²) < 4.78 is 0. The molecule has 1 fully saturated rings. The van der Waals surface area contributed by atoms with E-state index in [1.165, 1.54) is 7.05 Å². The van der Waals surface area contributed by atoms with Crippen molar-refractivity contribution in [3.05, 3.63) is 0 Å². The number of likely N-dealkylation sites (N-methyl/N-ethyl adjacent to an activating group) is 1. The summed E-state index contributed by atoms with van der Waals surface area (Å²) >= 11 is 5.68. The summed E-state index contributed by atoms with van der Waals surface area (Å²) in [5, 5.41) is 2.64. The minimum absolute atomic E-state index is 0.175. The van der Waals surface area contributed by atoms with Crippen LogP contribution in [0.2, 0.25) is 0 Å². The number of nitrogens with one attached hydrogen (secondary N) is 1. The summed E-state index contributed by atoms with van der Waals surface area (Å²) in [5.74, 6) is -0.667. The van der Waals surface area contributed by atoms with Crippen molar-refractivity contribution in [2.75, 3.05) is 12.9 Å². The van der Waals surface area contributed by atoms with Crippen molar-refractivity contribution < 1.29 is 14.4 Å². The lowest BCUT2D eigenvalue weighted by atomic mass is 9.94. The molecule has 0 spiro atoms. The molecule has 1 rings (SSSR count). The zero-order chi connectivity index (χ0) is 13.2. The van der Waals surface area contributed by atoms with Gasteiger partial charge in [-0.1, -0.05) is 0 Å². The number of piperidine rings is 1. The van der Waals surface area contributed by atoms with Gasteiger partial charge in [0.1, 0.15) is 6.04 Å². The normalized spacial score (nSPS) is 21.6. The van der Waals surface area contributed by atoms with E-state index in [1.54, 1.807) is 13.8 Å². The Balaban J connectivity index is 2.67. The second kappa shape index (κ2) is 5.04. The quantitative estimate of drug-likeness (QED) is 0.594. The molecule has 0 aromatic heterocycles. The van der Waals surface area contributed by atoms with Crippen LogP contribution in [0.25, 0.3) is 0 Å². The summed E-state index contributed by atoms with van der Waals surface area (Å²) in [6.07, 6.45) is 0.626. The molecule has 1 aliphatic heterocycles. The van der Waals surface area contributed by atoms with Crippen molar-refractivity contribution in [3.8, 4) is 0 Å². The topological polar surface area (TPSA) is 66.5 Å². The van der Waals surface area contributed by atoms with Crippen LogP contribution >= 0.6 is 11.6 Å². The molecule has 17 heavy (non-hydrogen) atoms. The number of hydrogen-bond donors (Lipinski definition) is 1. The first kappa shape index (κ1) is 14.0. The summed E-state index contributed by atoms with van der Waals surface area (Å²) in [5.41, 5.74) is -0.720. The standard InChI is InChI=1S/C11H17ClN2O3/c1-11(2,6-12)10(17)13-7-4-5-8(15)14(3)9(7)16/h7H,4-6H2,1-3H3,(H,13,17). The molecule has 1 aliphatic rings. The Morgan fingerprint density at radius 2 is 2.12 bits per heavy atom. The Labute approximate surface area is 105 Å². The molecule has 0 aromatic rings. The molecule has 3 amide bonds. The first-order valence-corrected chi connectivity index (χ1v) is 6.00. The van der Waals surface area contributed by atoms with Crippen molar-refractivity contribution in [1.29, 1.82) is 0 Å². The van der Waals surface area contributed by atoms with Gasteiger partial charge in [-0.3, -0.25) is 19.3 Å². The average molecular weight is 261 g/mol. The highest BCUT2D eigenvalue weighted by molar-refractivity contribution is 6.20. The van der Waals surface area contributed by atoms with Gasteiger partial charge in [-0.05, 0) is 20.3 Å². The fraction of sp³-hybridized carbons (Fsp3) is 0.727. The Kier molecular flexibility index (Phi) is 4.14. The number of alkyl halides is 1. The lowest BCUT2D eigenvalue weighted by Gasteiger charge is -2.30. The minimum Gasteiger partial charge on any atom is -0.344 e. The van der Waals surface area contributed by atoms with E-state index < -0.39 is 11.5 Å². The van der Waals surface area contributed by atoms with E-state index in [9.17, 15) is 14.4 Å². The molecule has 0 aliphatic carbocycles. The lowest BCUT2D eigenvalue weighted by Crippen LogP contribution is -2.55. The molecular formula is C11H17ClN2O3. The van der Waals surface area contributed by atoms with Crippen LogP contribution in [-0.4, -0.2) is 41.6 Å². The largest absolute Gasteiger partial charge is 0.344 e. The molecule has 1 heterocycles. The molecule has 5 nitrogen and oxygen atoms in total. The smallest absolute Gasteiger partial charge is 0.251 e. The maximum absolute atomic E-state index is 11.8. The second-order valence-corrected chi connectivity index (χ2v) is 5.14. The molecule has 0 radical (unpaired) electrons. The first-order chi connectivity index (χ1) is 7.79. The number of amides is 3. The van der Waals surface area contributed by atoms with Gasteiger partial charge in [0.2, 0.25) is 11.8 Å². The fourth-order valence-corrected chi connectivity index (χ4v) is 1.59. The van der Waals surface area contributed by atoms with Crippen LogP contribution in [0.15, 0.2) is 0 Å². The van der Waals surface area contributed by atoms with Gasteiger partial charge in [-0.25, -0.2) is 0 Å². The van der Waals surface area contributed by atoms with Gasteiger partial charge in [0.25, 0.3) is 5.91 Å². The van der Waals surface area contributed by atoms with Crippen molar-refractivity contribution in [3.63, 3.8) is 0 Å². The van der Waals surface area contributed by atoms with Crippen molar-refractivity contribution in [2.45, 2.75) is 32.7 Å². The van der Waals surface area contributed by atoms with E-state index in [-0.39, 0.29) is 30.0 Å². The SMILES string of the molecule is CN1C(=O)CCC(NC(=O)C(C)(C)CCl)C1=O. The van der Waals surface area contributed by atoms with E-state index in [0.717, 1.165) is 4.90 Å². The fourth-order valence-electron chi connectivity index (χ4n) is 1.46. The third-order valence-electron chi connectivity index (χ3n) is 2.90. The molecule has 1 atom stereocenters. The van der Waals surface area contributed by atoms with E-state index in [2.05, 4.69) is 5.32 Å². The third kappa shape index (κ3) is 2.97. The highest BCUT2D eigenvalue weighted by Crippen LogP contribution is 2.19. The first-order valence-electron chi connectivity index (χ1n) is 5.47.